The van der Waals surface area contributed by atoms with Crippen molar-refractivity contribution in [1.82, 2.24) is 5.32 Å². The van der Waals surface area contributed by atoms with Crippen molar-refractivity contribution in [3.8, 4) is 0 Å². The number of methoxy groups -OCH3 is 1. The van der Waals surface area contributed by atoms with E-state index in [9.17, 15) is 29.4 Å². The summed E-state index contributed by atoms with van der Waals surface area (Å²) >= 11 is 18.0. The van der Waals surface area contributed by atoms with Gasteiger partial charge in [-0.1, -0.05) is 102 Å². The monoisotopic (exact) mass is 839 g/mol. The van der Waals surface area contributed by atoms with Crippen LogP contribution in [0.3, 0.4) is 0 Å². The molecule has 3 aromatic rings. The van der Waals surface area contributed by atoms with Gasteiger partial charge in [0.05, 0.1) is 26.7 Å². The Bertz CT molecular complexity index is 1860. The number of aliphatic hydroxyl groups is 2. The topological polar surface area (TPSA) is 195 Å². The summed E-state index contributed by atoms with van der Waals surface area (Å²) < 4.78 is 45.0. The van der Waals surface area contributed by atoms with Crippen molar-refractivity contribution in [2.45, 2.75) is 97.8 Å². The molecule has 302 valence electrons. The molecule has 6 rings (SSSR count). The van der Waals surface area contributed by atoms with E-state index in [1.54, 1.807) is 24.3 Å². The van der Waals surface area contributed by atoms with Crippen molar-refractivity contribution in [3.63, 3.8) is 0 Å². The number of hydrogen-bond acceptors (Lipinski definition) is 14. The van der Waals surface area contributed by atoms with Crippen molar-refractivity contribution >= 4 is 69.2 Å². The number of esters is 2. The summed E-state index contributed by atoms with van der Waals surface area (Å²) in [6.07, 6.45) is -15.7. The number of ketones is 1. The molecule has 0 spiro atoms. The number of carbonyl (C=O) groups excluding carboxylic acids is 4. The molecule has 0 aliphatic carbocycles. The highest BCUT2D eigenvalue weighted by atomic mass is 35.6. The largest absolute Gasteiger partial charge is 0.467 e. The standard InChI is InChI=1S/C38H40Cl3NO14/c1-19(43)12-15-25(44)53-31-27(45)28(46)36(56-32(31)33(47)49-2)55-30-26(42-37(48)38(39,40)41)35(50-17-20-13-14-21-8-6-7-11-23(21)16-20)52-24-18-51-34(54-29(24)30)22-9-4-3-5-10-22/h3-11,13-14,16,24,26-32,34-36,45-46H,12,15,17-18H2,1-2H3,(H,42,48)/t24-,26-,27-,28-,29-,30-,31+,32+,34?,35-,36-/m1/s1. The minimum Gasteiger partial charge on any atom is -0.467 e. The highest BCUT2D eigenvalue weighted by molar-refractivity contribution is 6.76. The summed E-state index contributed by atoms with van der Waals surface area (Å²) in [6.45, 7) is 1.18. The SMILES string of the molecule is COC(=O)[C@H]1O[C@@H](O[C@@H]2[C@@H](NC(=O)C(Cl)(Cl)Cl)[C@H](OCc3ccc4ccccc4c3)O[C@@H]3COC(c4ccccc4)O[C@@H]23)[C@H](O)[C@@H](O)[C@@H]1OC(=O)CCC(C)=O. The summed E-state index contributed by atoms with van der Waals surface area (Å²) in [5.74, 6) is -3.41. The number of carbonyl (C=O) groups is 4. The van der Waals surface area contributed by atoms with Gasteiger partial charge in [-0.15, -0.1) is 0 Å². The number of nitrogens with one attached hydrogen (secondary N) is 1. The second-order valence-corrected chi connectivity index (χ2v) is 15.7. The number of aliphatic hydroxyl groups excluding tert-OH is 2. The van der Waals surface area contributed by atoms with Gasteiger partial charge in [0.25, 0.3) is 9.70 Å². The second-order valence-electron chi connectivity index (χ2n) is 13.4. The lowest BCUT2D eigenvalue weighted by molar-refractivity contribution is -0.376. The number of benzene rings is 3. The molecule has 0 saturated carbocycles. The minimum absolute atomic E-state index is 0.0313. The Morgan fingerprint density at radius 1 is 0.857 bits per heavy atom. The summed E-state index contributed by atoms with van der Waals surface area (Å²) in [5.41, 5.74) is 1.38. The van der Waals surface area contributed by atoms with Crippen LogP contribution in [0.15, 0.2) is 72.8 Å². The first-order valence-corrected chi connectivity index (χ1v) is 18.7. The van der Waals surface area contributed by atoms with Gasteiger partial charge < -0.3 is 58.2 Å². The molecule has 3 aliphatic rings. The number of fused-ring (bicyclic) bond motifs is 2. The molecule has 56 heavy (non-hydrogen) atoms. The van der Waals surface area contributed by atoms with Crippen molar-refractivity contribution in [2.24, 2.45) is 0 Å². The van der Waals surface area contributed by atoms with E-state index in [4.69, 9.17) is 72.7 Å². The van der Waals surface area contributed by atoms with Crippen LogP contribution in [0, 0.1) is 0 Å². The smallest absolute Gasteiger partial charge is 0.339 e. The van der Waals surface area contributed by atoms with Crippen LogP contribution in [0.4, 0.5) is 0 Å². The minimum atomic E-state index is -2.47. The molecule has 3 saturated heterocycles. The van der Waals surface area contributed by atoms with Crippen LogP contribution in [0.25, 0.3) is 10.8 Å². The molecule has 3 aliphatic heterocycles. The van der Waals surface area contributed by atoms with E-state index in [2.05, 4.69) is 5.32 Å². The van der Waals surface area contributed by atoms with Crippen LogP contribution in [0.5, 0.6) is 0 Å². The molecule has 0 bridgehead atoms. The summed E-state index contributed by atoms with van der Waals surface area (Å²) in [5, 5.41) is 27.2. The highest BCUT2D eigenvalue weighted by Gasteiger charge is 2.57. The van der Waals surface area contributed by atoms with Gasteiger partial charge in [-0.3, -0.25) is 9.59 Å². The molecule has 1 unspecified atom stereocenters. The predicted molar refractivity (Wildman–Crippen MR) is 197 cm³/mol. The predicted octanol–water partition coefficient (Wildman–Crippen LogP) is 3.34. The highest BCUT2D eigenvalue weighted by Crippen LogP contribution is 2.39. The fraction of sp³-hybridized carbons (Fsp3) is 0.474. The van der Waals surface area contributed by atoms with E-state index in [-0.39, 0.29) is 31.8 Å². The maximum absolute atomic E-state index is 13.3. The third-order valence-electron chi connectivity index (χ3n) is 9.41. The number of rotatable bonds is 12. The van der Waals surface area contributed by atoms with Crippen LogP contribution < -0.4 is 5.32 Å². The Morgan fingerprint density at radius 3 is 2.27 bits per heavy atom. The Kier molecular flexibility index (Phi) is 13.9. The molecule has 1 amide bonds. The number of amides is 1. The summed E-state index contributed by atoms with van der Waals surface area (Å²) in [4.78, 5) is 50.4. The molecule has 0 aromatic heterocycles. The van der Waals surface area contributed by atoms with Crippen molar-refractivity contribution < 1.29 is 67.3 Å². The number of hydrogen-bond donors (Lipinski definition) is 3. The molecule has 18 heteroatoms. The molecular weight excluding hydrogens is 801 g/mol. The van der Waals surface area contributed by atoms with Gasteiger partial charge in [0.2, 0.25) is 0 Å². The molecule has 3 fully saturated rings. The Balaban J connectivity index is 1.33. The number of Topliss-reactive ketones (excluding diaryl/α,β-unsaturated/α-hetero) is 1. The van der Waals surface area contributed by atoms with Gasteiger partial charge in [-0.2, -0.15) is 0 Å². The van der Waals surface area contributed by atoms with Crippen LogP contribution in [-0.2, 0) is 63.7 Å². The van der Waals surface area contributed by atoms with Gasteiger partial charge in [-0.25, -0.2) is 4.79 Å². The lowest BCUT2D eigenvalue weighted by atomic mass is 9.94. The molecule has 11 atom stereocenters. The summed E-state index contributed by atoms with van der Waals surface area (Å²) in [6, 6.07) is 21.0. The third-order valence-corrected chi connectivity index (χ3v) is 9.93. The van der Waals surface area contributed by atoms with Gasteiger partial charge in [0, 0.05) is 12.0 Å². The van der Waals surface area contributed by atoms with E-state index in [1.807, 2.05) is 48.5 Å². The fourth-order valence-corrected chi connectivity index (χ4v) is 6.74. The first-order chi connectivity index (χ1) is 26.7. The van der Waals surface area contributed by atoms with Crippen molar-refractivity contribution in [3.05, 3.63) is 83.9 Å². The lowest BCUT2D eigenvalue weighted by Crippen LogP contribution is -2.70. The first-order valence-electron chi connectivity index (χ1n) is 17.6. The van der Waals surface area contributed by atoms with Gasteiger partial charge in [0.1, 0.15) is 42.3 Å². The molecular formula is C38H40Cl3NO14. The number of ether oxygens (including phenoxy) is 8. The lowest BCUT2D eigenvalue weighted by Gasteiger charge is -2.51. The van der Waals surface area contributed by atoms with E-state index < -0.39 is 89.3 Å². The third kappa shape index (κ3) is 9.97. The van der Waals surface area contributed by atoms with Crippen LogP contribution in [0.2, 0.25) is 0 Å². The Labute approximate surface area is 336 Å². The van der Waals surface area contributed by atoms with E-state index in [0.29, 0.717) is 5.56 Å². The second kappa shape index (κ2) is 18.4. The van der Waals surface area contributed by atoms with E-state index in [1.165, 1.54) is 6.92 Å². The zero-order chi connectivity index (χ0) is 40.1. The van der Waals surface area contributed by atoms with E-state index in [0.717, 1.165) is 23.4 Å². The van der Waals surface area contributed by atoms with Crippen molar-refractivity contribution in [2.75, 3.05) is 13.7 Å². The molecule has 0 radical (unpaired) electrons. The first kappa shape index (κ1) is 42.2. The van der Waals surface area contributed by atoms with Gasteiger partial charge in [-0.05, 0) is 29.3 Å². The van der Waals surface area contributed by atoms with E-state index >= 15 is 0 Å². The average Bonchev–Trinajstić information content (AvgIpc) is 3.19. The maximum atomic E-state index is 13.3. The Morgan fingerprint density at radius 2 is 1.57 bits per heavy atom. The molecule has 3 aromatic carbocycles. The zero-order valence-corrected chi connectivity index (χ0v) is 32.3. The average molecular weight is 841 g/mol. The van der Waals surface area contributed by atoms with Crippen LogP contribution in [0.1, 0.15) is 37.2 Å². The number of alkyl halides is 3. The van der Waals surface area contributed by atoms with Gasteiger partial charge in [0.15, 0.2) is 31.1 Å². The maximum Gasteiger partial charge on any atom is 0.339 e. The quantitative estimate of drug-likeness (QED) is 0.178. The normalized spacial score (nSPS) is 30.5. The summed E-state index contributed by atoms with van der Waals surface area (Å²) in [7, 11) is 1.04. The Hall–Kier alpha value is -3.45. The zero-order valence-electron chi connectivity index (χ0n) is 30.0. The number of halogens is 3. The van der Waals surface area contributed by atoms with Crippen LogP contribution >= 0.6 is 34.8 Å². The fourth-order valence-electron chi connectivity index (χ4n) is 6.58. The molecule has 3 heterocycles. The molecule has 15 nitrogen and oxygen atoms in total. The van der Waals surface area contributed by atoms with Gasteiger partial charge >= 0.3 is 11.9 Å². The van der Waals surface area contributed by atoms with Crippen molar-refractivity contribution in [1.29, 1.82) is 0 Å². The molecule has 3 N–H and O–H groups in total. The van der Waals surface area contributed by atoms with Crippen LogP contribution in [-0.4, -0.2) is 113 Å².